The summed E-state index contributed by atoms with van der Waals surface area (Å²) in [5.74, 6) is -1.12. The smallest absolute Gasteiger partial charge is 0.325 e. The van der Waals surface area contributed by atoms with Gasteiger partial charge in [-0.05, 0) is 30.3 Å². The molecule has 2 aromatic rings. The molecule has 0 aliphatic rings. The minimum Gasteiger partial charge on any atom is -0.325 e. The van der Waals surface area contributed by atoms with E-state index in [9.17, 15) is 39.6 Å². The van der Waals surface area contributed by atoms with Gasteiger partial charge in [0.05, 0.1) is 36.2 Å². The van der Waals surface area contributed by atoms with E-state index in [1.165, 1.54) is 12.3 Å². The number of rotatable bonds is 6. The van der Waals surface area contributed by atoms with Crippen molar-refractivity contribution >= 4 is 21.6 Å². The van der Waals surface area contributed by atoms with Crippen LogP contribution in [0.5, 0.6) is 0 Å². The van der Waals surface area contributed by atoms with Gasteiger partial charge in [-0.15, -0.1) is 0 Å². The molecular weight excluding hydrogens is 440 g/mol. The second kappa shape index (κ2) is 8.60. The summed E-state index contributed by atoms with van der Waals surface area (Å²) in [5.41, 5.74) is -3.70. The predicted molar refractivity (Wildman–Crippen MR) is 94.6 cm³/mol. The Kier molecular flexibility index (Phi) is 6.76. The zero-order valence-corrected chi connectivity index (χ0v) is 16.1. The molecule has 0 saturated carbocycles. The Morgan fingerprint density at radius 1 is 1.03 bits per heavy atom. The zero-order chi connectivity index (χ0) is 22.7. The van der Waals surface area contributed by atoms with Crippen LogP contribution in [0.1, 0.15) is 16.8 Å². The van der Waals surface area contributed by atoms with E-state index in [2.05, 4.69) is 4.98 Å². The summed E-state index contributed by atoms with van der Waals surface area (Å²) in [7, 11) is -3.94. The van der Waals surface area contributed by atoms with Crippen LogP contribution in [0.3, 0.4) is 0 Å². The highest BCUT2D eigenvalue weighted by atomic mass is 32.2. The number of anilines is 1. The van der Waals surface area contributed by atoms with Crippen molar-refractivity contribution in [3.63, 3.8) is 0 Å². The highest BCUT2D eigenvalue weighted by Crippen LogP contribution is 2.37. The number of amides is 1. The SMILES string of the molecule is CS(=O)(=O)N(CC(=O)Nc1cc(C(F)(F)F)cc(C(F)(F)F)c1)Cc1ccccn1. The van der Waals surface area contributed by atoms with Crippen LogP contribution in [-0.4, -0.2) is 36.4 Å². The minimum absolute atomic E-state index is 0.0838. The zero-order valence-electron chi connectivity index (χ0n) is 15.3. The maximum Gasteiger partial charge on any atom is 0.416 e. The molecule has 0 atom stereocenters. The van der Waals surface area contributed by atoms with Crippen molar-refractivity contribution in [3.8, 4) is 0 Å². The first-order chi connectivity index (χ1) is 13.7. The van der Waals surface area contributed by atoms with E-state index in [1.54, 1.807) is 12.1 Å². The summed E-state index contributed by atoms with van der Waals surface area (Å²) in [6.07, 6.45) is -7.98. The highest BCUT2D eigenvalue weighted by molar-refractivity contribution is 7.88. The first-order valence-corrected chi connectivity index (χ1v) is 9.95. The van der Waals surface area contributed by atoms with Crippen LogP contribution in [0.4, 0.5) is 32.0 Å². The number of halogens is 6. The molecule has 1 heterocycles. The Morgan fingerprint density at radius 2 is 1.60 bits per heavy atom. The molecule has 0 spiro atoms. The van der Waals surface area contributed by atoms with E-state index in [1.807, 2.05) is 5.32 Å². The number of carbonyl (C=O) groups excluding carboxylic acids is 1. The molecule has 0 aliphatic heterocycles. The van der Waals surface area contributed by atoms with Gasteiger partial charge in [-0.1, -0.05) is 6.07 Å². The Hall–Kier alpha value is -2.67. The van der Waals surface area contributed by atoms with Gasteiger partial charge >= 0.3 is 12.4 Å². The maximum absolute atomic E-state index is 12.9. The van der Waals surface area contributed by atoms with E-state index in [-0.39, 0.29) is 18.3 Å². The van der Waals surface area contributed by atoms with Gasteiger partial charge in [-0.2, -0.15) is 30.6 Å². The van der Waals surface area contributed by atoms with Crippen LogP contribution in [-0.2, 0) is 33.7 Å². The number of benzene rings is 1. The van der Waals surface area contributed by atoms with E-state index in [0.29, 0.717) is 16.4 Å². The van der Waals surface area contributed by atoms with Gasteiger partial charge in [0, 0.05) is 11.9 Å². The van der Waals surface area contributed by atoms with Crippen molar-refractivity contribution in [2.75, 3.05) is 18.1 Å². The van der Waals surface area contributed by atoms with Gasteiger partial charge in [-0.3, -0.25) is 9.78 Å². The van der Waals surface area contributed by atoms with Gasteiger partial charge < -0.3 is 5.32 Å². The van der Waals surface area contributed by atoms with E-state index in [4.69, 9.17) is 0 Å². The van der Waals surface area contributed by atoms with Crippen LogP contribution in [0.2, 0.25) is 0 Å². The summed E-state index contributed by atoms with van der Waals surface area (Å²) in [4.78, 5) is 16.1. The number of alkyl halides is 6. The minimum atomic E-state index is -5.08. The topological polar surface area (TPSA) is 79.4 Å². The Balaban J connectivity index is 2.27. The van der Waals surface area contributed by atoms with Crippen molar-refractivity contribution in [2.45, 2.75) is 18.9 Å². The van der Waals surface area contributed by atoms with Gasteiger partial charge in [0.25, 0.3) is 0 Å². The van der Waals surface area contributed by atoms with Gasteiger partial charge in [0.15, 0.2) is 0 Å². The summed E-state index contributed by atoms with van der Waals surface area (Å²) >= 11 is 0. The molecule has 0 bridgehead atoms. The lowest BCUT2D eigenvalue weighted by Crippen LogP contribution is -2.37. The van der Waals surface area contributed by atoms with Crippen LogP contribution in [0.15, 0.2) is 42.6 Å². The van der Waals surface area contributed by atoms with Gasteiger partial charge in [-0.25, -0.2) is 8.42 Å². The van der Waals surface area contributed by atoms with Crippen molar-refractivity contribution in [3.05, 3.63) is 59.4 Å². The van der Waals surface area contributed by atoms with E-state index < -0.39 is 51.6 Å². The van der Waals surface area contributed by atoms with Crippen molar-refractivity contribution in [1.29, 1.82) is 0 Å². The second-order valence-electron chi connectivity index (χ2n) is 6.19. The lowest BCUT2D eigenvalue weighted by Gasteiger charge is -2.20. The van der Waals surface area contributed by atoms with Crippen LogP contribution in [0, 0.1) is 0 Å². The lowest BCUT2D eigenvalue weighted by atomic mass is 10.1. The molecule has 1 aromatic heterocycles. The molecule has 0 aliphatic carbocycles. The predicted octanol–water partition coefficient (Wildman–Crippen LogP) is 3.52. The number of sulfonamides is 1. The molecule has 1 N–H and O–H groups in total. The molecule has 2 rings (SSSR count). The van der Waals surface area contributed by atoms with E-state index in [0.717, 1.165) is 6.26 Å². The van der Waals surface area contributed by atoms with Crippen LogP contribution in [0.25, 0.3) is 0 Å². The third-order valence-electron chi connectivity index (χ3n) is 3.72. The number of aromatic nitrogens is 1. The molecule has 1 amide bonds. The van der Waals surface area contributed by atoms with E-state index >= 15 is 0 Å². The lowest BCUT2D eigenvalue weighted by molar-refractivity contribution is -0.143. The average molecular weight is 455 g/mol. The van der Waals surface area contributed by atoms with Gasteiger partial charge in [0.2, 0.25) is 15.9 Å². The molecule has 30 heavy (non-hydrogen) atoms. The highest BCUT2D eigenvalue weighted by Gasteiger charge is 2.37. The number of pyridine rings is 1. The maximum atomic E-state index is 12.9. The Bertz CT molecular complexity index is 975. The van der Waals surface area contributed by atoms with Crippen molar-refractivity contribution in [2.24, 2.45) is 0 Å². The normalized spacial score (nSPS) is 12.8. The molecule has 6 nitrogen and oxygen atoms in total. The number of hydrogen-bond donors (Lipinski definition) is 1. The molecule has 0 saturated heterocycles. The molecule has 164 valence electrons. The number of hydrogen-bond acceptors (Lipinski definition) is 4. The summed E-state index contributed by atoms with van der Waals surface area (Å²) in [6.45, 7) is -1.16. The Morgan fingerprint density at radius 3 is 2.03 bits per heavy atom. The van der Waals surface area contributed by atoms with Crippen LogP contribution < -0.4 is 5.32 Å². The number of nitrogens with one attached hydrogen (secondary N) is 1. The summed E-state index contributed by atoms with van der Waals surface area (Å²) in [6, 6.07) is 5.21. The summed E-state index contributed by atoms with van der Waals surface area (Å²) < 4.78 is 102. The first kappa shape index (κ1) is 23.6. The van der Waals surface area contributed by atoms with Crippen molar-refractivity contribution < 1.29 is 39.6 Å². The monoisotopic (exact) mass is 455 g/mol. The number of nitrogens with zero attached hydrogens (tertiary/aromatic N) is 2. The molecule has 0 unspecified atom stereocenters. The Labute approximate surface area is 167 Å². The molecule has 13 heteroatoms. The first-order valence-electron chi connectivity index (χ1n) is 8.10. The second-order valence-corrected chi connectivity index (χ2v) is 8.18. The van der Waals surface area contributed by atoms with Crippen LogP contribution >= 0.6 is 0 Å². The largest absolute Gasteiger partial charge is 0.416 e. The molecule has 0 fully saturated rings. The number of carbonyl (C=O) groups is 1. The summed E-state index contributed by atoms with van der Waals surface area (Å²) in [5, 5.41) is 1.89. The third-order valence-corrected chi connectivity index (χ3v) is 4.92. The third kappa shape index (κ3) is 6.69. The average Bonchev–Trinajstić information content (AvgIpc) is 2.59. The molecule has 0 radical (unpaired) electrons. The fraction of sp³-hybridized carbons (Fsp3) is 0.294. The standard InChI is InChI=1S/C17H15F6N3O3S/c1-30(28,29)26(9-13-4-2-3-5-24-13)10-15(27)25-14-7-11(16(18,19)20)6-12(8-14)17(21,22)23/h2-8H,9-10H2,1H3,(H,25,27). The quantitative estimate of drug-likeness (QED) is 0.677. The fourth-order valence-electron chi connectivity index (χ4n) is 2.35. The molecule has 1 aromatic carbocycles. The van der Waals surface area contributed by atoms with Crippen molar-refractivity contribution in [1.82, 2.24) is 9.29 Å². The fourth-order valence-corrected chi connectivity index (χ4v) is 3.07. The molecular formula is C17H15F6N3O3S. The van der Waals surface area contributed by atoms with Gasteiger partial charge in [0.1, 0.15) is 0 Å².